The number of hydrogen-bond acceptors (Lipinski definition) is 3. The lowest BCUT2D eigenvalue weighted by Gasteiger charge is -2.33. The number of alkyl halides is 3. The van der Waals surface area contributed by atoms with Gasteiger partial charge in [-0.05, 0) is 68.2 Å². The maximum Gasteiger partial charge on any atom is 0.416 e. The maximum atomic E-state index is 13.4. The van der Waals surface area contributed by atoms with Gasteiger partial charge in [0.05, 0.1) is 16.3 Å². The maximum absolute atomic E-state index is 13.4. The van der Waals surface area contributed by atoms with Crippen LogP contribution in [0.1, 0.15) is 42.9 Å². The summed E-state index contributed by atoms with van der Waals surface area (Å²) in [5.41, 5.74) is -1.89. The van der Waals surface area contributed by atoms with Gasteiger partial charge in [0.1, 0.15) is 0 Å². The van der Waals surface area contributed by atoms with Gasteiger partial charge in [0.15, 0.2) is 5.54 Å². The first-order valence-electron chi connectivity index (χ1n) is 11.1. The fourth-order valence-electron chi connectivity index (χ4n) is 4.79. The quantitative estimate of drug-likeness (QED) is 0.559. The summed E-state index contributed by atoms with van der Waals surface area (Å²) in [5.74, 6) is -0.832. The Morgan fingerprint density at radius 2 is 1.82 bits per heavy atom. The van der Waals surface area contributed by atoms with E-state index < -0.39 is 23.2 Å². The van der Waals surface area contributed by atoms with E-state index in [9.17, 15) is 22.8 Å². The molecule has 1 saturated heterocycles. The molecule has 1 atom stereocenters. The Kier molecular flexibility index (Phi) is 6.86. The fourth-order valence-corrected chi connectivity index (χ4v) is 5.42. The molecule has 0 saturated carbocycles. The molecule has 0 radical (unpaired) electrons. The van der Waals surface area contributed by atoms with Gasteiger partial charge in [0, 0.05) is 17.0 Å². The molecule has 2 aromatic carbocycles. The van der Waals surface area contributed by atoms with Crippen molar-refractivity contribution in [3.05, 3.63) is 63.1 Å². The van der Waals surface area contributed by atoms with Crippen molar-refractivity contribution in [2.45, 2.75) is 37.9 Å². The summed E-state index contributed by atoms with van der Waals surface area (Å²) in [4.78, 5) is 28.9. The Balaban J connectivity index is 1.71. The molecule has 1 fully saturated rings. The highest BCUT2D eigenvalue weighted by Crippen LogP contribution is 2.46. The smallest absolute Gasteiger partial charge is 0.334 e. The van der Waals surface area contributed by atoms with Gasteiger partial charge in [-0.15, -0.1) is 0 Å². The van der Waals surface area contributed by atoms with Crippen molar-refractivity contribution in [1.29, 1.82) is 0 Å². The van der Waals surface area contributed by atoms with Crippen molar-refractivity contribution in [2.75, 3.05) is 25.0 Å². The molecule has 182 valence electrons. The third kappa shape index (κ3) is 4.63. The fraction of sp³-hybridized carbons (Fsp3) is 0.417. The molecule has 0 aliphatic carbocycles. The van der Waals surface area contributed by atoms with Crippen LogP contribution in [0.15, 0.2) is 36.4 Å². The van der Waals surface area contributed by atoms with Crippen LogP contribution < -0.4 is 10.6 Å². The minimum Gasteiger partial charge on any atom is -0.334 e. The highest BCUT2D eigenvalue weighted by Gasteiger charge is 2.51. The van der Waals surface area contributed by atoms with Gasteiger partial charge < -0.3 is 15.5 Å². The zero-order chi connectivity index (χ0) is 24.7. The molecule has 2 aliphatic rings. The number of anilines is 1. The number of piperidine rings is 1. The summed E-state index contributed by atoms with van der Waals surface area (Å²) < 4.78 is 39.5. The first-order chi connectivity index (χ1) is 16.0. The lowest BCUT2D eigenvalue weighted by atomic mass is 9.82. The predicted octanol–water partition coefficient (Wildman–Crippen LogP) is 5.45. The van der Waals surface area contributed by atoms with Crippen molar-refractivity contribution in [3.63, 3.8) is 0 Å². The van der Waals surface area contributed by atoms with Gasteiger partial charge in [-0.1, -0.05) is 42.3 Å². The van der Waals surface area contributed by atoms with Crippen LogP contribution in [-0.2, 0) is 21.3 Å². The van der Waals surface area contributed by atoms with Crippen molar-refractivity contribution >= 4 is 40.7 Å². The van der Waals surface area contributed by atoms with E-state index in [1.54, 1.807) is 0 Å². The van der Waals surface area contributed by atoms with Gasteiger partial charge >= 0.3 is 6.18 Å². The number of nitrogens with one attached hydrogen (secondary N) is 2. The third-order valence-electron chi connectivity index (χ3n) is 6.62. The molecule has 2 amide bonds. The van der Waals surface area contributed by atoms with Crippen molar-refractivity contribution in [3.8, 4) is 0 Å². The van der Waals surface area contributed by atoms with Crippen molar-refractivity contribution in [1.82, 2.24) is 10.2 Å². The molecule has 0 spiro atoms. The summed E-state index contributed by atoms with van der Waals surface area (Å²) >= 11 is 12.6. The molecule has 2 N–H and O–H groups in total. The molecule has 5 nitrogen and oxygen atoms in total. The summed E-state index contributed by atoms with van der Waals surface area (Å²) in [7, 11) is 0. The van der Waals surface area contributed by atoms with Crippen LogP contribution in [0, 0.1) is 5.92 Å². The van der Waals surface area contributed by atoms with Gasteiger partial charge in [0.25, 0.3) is 5.91 Å². The van der Waals surface area contributed by atoms with Crippen LogP contribution in [-0.4, -0.2) is 36.3 Å². The Bertz CT molecular complexity index is 1100. The van der Waals surface area contributed by atoms with Crippen molar-refractivity contribution < 1.29 is 22.8 Å². The Morgan fingerprint density at radius 1 is 1.18 bits per heavy atom. The molecule has 0 aromatic heterocycles. The molecule has 4 rings (SSSR count). The van der Waals surface area contributed by atoms with Crippen LogP contribution in [0.2, 0.25) is 10.0 Å². The second-order valence-electron chi connectivity index (χ2n) is 8.72. The number of rotatable bonds is 5. The van der Waals surface area contributed by atoms with E-state index in [1.807, 2.05) is 0 Å². The average molecular weight is 514 g/mol. The van der Waals surface area contributed by atoms with E-state index in [1.165, 1.54) is 24.3 Å². The van der Waals surface area contributed by atoms with E-state index in [0.29, 0.717) is 5.69 Å². The number of carbonyl (C=O) groups excluding carboxylic acids is 2. The Labute approximate surface area is 205 Å². The molecule has 2 heterocycles. The lowest BCUT2D eigenvalue weighted by molar-refractivity contribution is -0.137. The lowest BCUT2D eigenvalue weighted by Crippen LogP contribution is -2.52. The SMILES string of the molecule is CCN1CCC(CC(=O)NC2(c3ccc(C(F)(F)F)cc3)C(=O)Nc3cc(Cl)cc(Cl)c32)CC1. The van der Waals surface area contributed by atoms with E-state index in [-0.39, 0.29) is 39.4 Å². The first kappa shape index (κ1) is 24.8. The molecule has 2 aliphatic heterocycles. The number of halogens is 5. The number of nitrogens with zero attached hydrogens (tertiary/aromatic N) is 1. The van der Waals surface area contributed by atoms with Crippen LogP contribution >= 0.6 is 23.2 Å². The number of fused-ring (bicyclic) bond motifs is 1. The minimum atomic E-state index is -4.54. The number of benzene rings is 2. The second kappa shape index (κ2) is 9.40. The molecule has 10 heteroatoms. The summed E-state index contributed by atoms with van der Waals surface area (Å²) in [5, 5.41) is 5.92. The largest absolute Gasteiger partial charge is 0.416 e. The molecular formula is C24H24Cl2F3N3O2. The van der Waals surface area contributed by atoms with E-state index in [4.69, 9.17) is 23.2 Å². The van der Waals surface area contributed by atoms with Crippen LogP contribution in [0.5, 0.6) is 0 Å². The standard InChI is InChI=1S/C24H24Cl2F3N3O2/c1-2-32-9-7-14(8-10-32)11-20(33)31-23(15-3-5-16(6-4-15)24(27,28)29)21-18(26)12-17(25)13-19(21)30-22(23)34/h3-6,12-14H,2,7-11H2,1H3,(H,30,34)(H,31,33). The highest BCUT2D eigenvalue weighted by molar-refractivity contribution is 6.37. The highest BCUT2D eigenvalue weighted by atomic mass is 35.5. The van der Waals surface area contributed by atoms with Crippen LogP contribution in [0.25, 0.3) is 0 Å². The Hall–Kier alpha value is -2.29. The third-order valence-corrected chi connectivity index (χ3v) is 7.14. The van der Waals surface area contributed by atoms with Gasteiger partial charge in [-0.3, -0.25) is 9.59 Å². The Morgan fingerprint density at radius 3 is 2.41 bits per heavy atom. The van der Waals surface area contributed by atoms with E-state index in [2.05, 4.69) is 22.5 Å². The molecule has 0 bridgehead atoms. The molecule has 34 heavy (non-hydrogen) atoms. The minimum absolute atomic E-state index is 0.123. The predicted molar refractivity (Wildman–Crippen MR) is 125 cm³/mol. The van der Waals surface area contributed by atoms with E-state index >= 15 is 0 Å². The average Bonchev–Trinajstić information content (AvgIpc) is 3.05. The topological polar surface area (TPSA) is 61.4 Å². The van der Waals surface area contributed by atoms with Gasteiger partial charge in [0.2, 0.25) is 5.91 Å². The zero-order valence-corrected chi connectivity index (χ0v) is 19.9. The van der Waals surface area contributed by atoms with Gasteiger partial charge in [-0.25, -0.2) is 0 Å². The normalized spacial score (nSPS) is 21.3. The number of amides is 2. The number of likely N-dealkylation sites (tertiary alicyclic amines) is 1. The summed E-state index contributed by atoms with van der Waals surface area (Å²) in [6.07, 6.45) is -2.63. The van der Waals surface area contributed by atoms with Crippen LogP contribution in [0.4, 0.5) is 18.9 Å². The summed E-state index contributed by atoms with van der Waals surface area (Å²) in [6.45, 7) is 4.83. The summed E-state index contributed by atoms with van der Waals surface area (Å²) in [6, 6.07) is 7.11. The number of hydrogen-bond donors (Lipinski definition) is 2. The monoisotopic (exact) mass is 513 g/mol. The first-order valence-corrected chi connectivity index (χ1v) is 11.8. The molecular weight excluding hydrogens is 490 g/mol. The number of carbonyl (C=O) groups is 2. The molecule has 2 aromatic rings. The van der Waals surface area contributed by atoms with E-state index in [0.717, 1.165) is 44.6 Å². The van der Waals surface area contributed by atoms with Crippen molar-refractivity contribution in [2.24, 2.45) is 5.92 Å². The molecule has 1 unspecified atom stereocenters. The van der Waals surface area contributed by atoms with Gasteiger partial charge in [-0.2, -0.15) is 13.2 Å². The van der Waals surface area contributed by atoms with Crippen LogP contribution in [0.3, 0.4) is 0 Å². The zero-order valence-electron chi connectivity index (χ0n) is 18.4. The second-order valence-corrected chi connectivity index (χ2v) is 9.56.